The number of carbonyl (C=O) groups is 3. The molecule has 1 saturated heterocycles. The van der Waals surface area contributed by atoms with E-state index in [4.69, 9.17) is 26.6 Å². The minimum Gasteiger partial charge on any atom is -0.478 e. The zero-order valence-corrected chi connectivity index (χ0v) is 22.2. The van der Waals surface area contributed by atoms with Gasteiger partial charge in [-0.05, 0) is 36.0 Å². The fourth-order valence-electron chi connectivity index (χ4n) is 4.86. The van der Waals surface area contributed by atoms with Crippen LogP contribution in [0.25, 0.3) is 0 Å². The van der Waals surface area contributed by atoms with Crippen molar-refractivity contribution in [3.8, 4) is 6.01 Å². The molecule has 0 aliphatic carbocycles. The highest BCUT2D eigenvalue weighted by Crippen LogP contribution is 2.38. The first kappa shape index (κ1) is 30.1. The molecule has 15 heteroatoms. The molecule has 3 N–H and O–H groups in total. The molecule has 1 aromatic carbocycles. The van der Waals surface area contributed by atoms with Crippen molar-refractivity contribution in [3.63, 3.8) is 0 Å². The van der Waals surface area contributed by atoms with Gasteiger partial charge >= 0.3 is 29.9 Å². The molecule has 1 amide bonds. The van der Waals surface area contributed by atoms with E-state index < -0.39 is 28.6 Å². The summed E-state index contributed by atoms with van der Waals surface area (Å²) in [6.45, 7) is 7.47. The van der Waals surface area contributed by atoms with Gasteiger partial charge in [0.05, 0.1) is 18.6 Å². The monoisotopic (exact) mass is 577 g/mol. The Balaban J connectivity index is 0.000000482. The van der Waals surface area contributed by atoms with E-state index in [1.165, 1.54) is 11.1 Å². The summed E-state index contributed by atoms with van der Waals surface area (Å²) in [5, 5.41) is 37.0. The van der Waals surface area contributed by atoms with Crippen molar-refractivity contribution in [2.75, 3.05) is 19.6 Å². The third-order valence-electron chi connectivity index (χ3n) is 6.29. The summed E-state index contributed by atoms with van der Waals surface area (Å²) in [5.41, 5.74) is 0.226. The van der Waals surface area contributed by atoms with Crippen LogP contribution in [0.15, 0.2) is 55.3 Å². The third-order valence-corrected chi connectivity index (χ3v) is 6.53. The molecule has 40 heavy (non-hydrogen) atoms. The number of nitrogens with zero attached hydrogens (tertiary/aromatic N) is 5. The zero-order chi connectivity index (χ0) is 29.6. The molecule has 0 bridgehead atoms. The molecular formula is C25H28ClN5O9. The SMILES string of the molecule is C=CCC1C(c2cccc(Cl)c2)N(CC2(C)Cn3cc([N+](=O)[O-])nc3O2)CCN1C(=O)O.O=C(O)C=CC(=O)O. The molecule has 3 heterocycles. The lowest BCUT2D eigenvalue weighted by Crippen LogP contribution is -2.59. The smallest absolute Gasteiger partial charge is 0.415 e. The second-order valence-electron chi connectivity index (χ2n) is 9.37. The Bertz CT molecular complexity index is 1290. The number of aromatic nitrogens is 2. The van der Waals surface area contributed by atoms with E-state index >= 15 is 0 Å². The van der Waals surface area contributed by atoms with Crippen molar-refractivity contribution in [1.82, 2.24) is 19.4 Å². The molecule has 1 fully saturated rings. The predicted octanol–water partition coefficient (Wildman–Crippen LogP) is 3.29. The summed E-state index contributed by atoms with van der Waals surface area (Å²) in [7, 11) is 0. The van der Waals surface area contributed by atoms with Gasteiger partial charge in [-0.1, -0.05) is 29.8 Å². The highest BCUT2D eigenvalue weighted by Gasteiger charge is 2.46. The van der Waals surface area contributed by atoms with Crippen molar-refractivity contribution in [2.45, 2.75) is 37.6 Å². The molecule has 3 unspecified atom stereocenters. The Hall–Kier alpha value is -4.43. The highest BCUT2D eigenvalue weighted by atomic mass is 35.5. The number of imidazole rings is 1. The zero-order valence-electron chi connectivity index (χ0n) is 21.4. The van der Waals surface area contributed by atoms with Gasteiger partial charge in [0, 0.05) is 41.8 Å². The summed E-state index contributed by atoms with van der Waals surface area (Å²) in [4.78, 5) is 49.1. The number of amides is 1. The number of carboxylic acids is 2. The Morgan fingerprint density at radius 2 is 1.93 bits per heavy atom. The second kappa shape index (κ2) is 12.6. The predicted molar refractivity (Wildman–Crippen MR) is 141 cm³/mol. The number of aliphatic carboxylic acids is 2. The Kier molecular flexibility index (Phi) is 9.50. The van der Waals surface area contributed by atoms with Gasteiger partial charge in [-0.25, -0.2) is 14.4 Å². The number of nitro groups is 1. The maximum Gasteiger partial charge on any atom is 0.415 e. The molecule has 2 aliphatic heterocycles. The number of carboxylic acid groups (broad SMARTS) is 3. The molecule has 0 saturated carbocycles. The first-order valence-electron chi connectivity index (χ1n) is 12.0. The first-order chi connectivity index (χ1) is 18.8. The topological polar surface area (TPSA) is 189 Å². The van der Waals surface area contributed by atoms with Crippen molar-refractivity contribution in [3.05, 3.63) is 76.0 Å². The van der Waals surface area contributed by atoms with Crippen LogP contribution in [0, 0.1) is 10.1 Å². The summed E-state index contributed by atoms with van der Waals surface area (Å²) in [6.07, 6.45) is 3.72. The van der Waals surface area contributed by atoms with Gasteiger partial charge in [-0.3, -0.25) is 9.47 Å². The molecule has 2 aliphatic rings. The van der Waals surface area contributed by atoms with E-state index in [1.54, 1.807) is 16.7 Å². The van der Waals surface area contributed by atoms with Crippen LogP contribution in [0.4, 0.5) is 10.6 Å². The summed E-state index contributed by atoms with van der Waals surface area (Å²) >= 11 is 6.26. The lowest BCUT2D eigenvalue weighted by molar-refractivity contribution is -0.389. The molecule has 214 valence electrons. The van der Waals surface area contributed by atoms with Crippen LogP contribution >= 0.6 is 11.6 Å². The summed E-state index contributed by atoms with van der Waals surface area (Å²) < 4.78 is 7.68. The van der Waals surface area contributed by atoms with Crippen molar-refractivity contribution >= 4 is 35.5 Å². The molecule has 0 radical (unpaired) electrons. The first-order valence-corrected chi connectivity index (χ1v) is 12.4. The van der Waals surface area contributed by atoms with Gasteiger partial charge in [-0.15, -0.1) is 6.58 Å². The van der Waals surface area contributed by atoms with Gasteiger partial charge in [-0.2, -0.15) is 0 Å². The number of benzene rings is 1. The fourth-order valence-corrected chi connectivity index (χ4v) is 5.05. The Labute approximate surface area is 233 Å². The summed E-state index contributed by atoms with van der Waals surface area (Å²) in [5.74, 6) is -2.76. The Morgan fingerprint density at radius 3 is 2.45 bits per heavy atom. The van der Waals surface area contributed by atoms with Crippen LogP contribution in [0.1, 0.15) is 24.9 Å². The molecular weight excluding hydrogens is 550 g/mol. The van der Waals surface area contributed by atoms with Crippen LogP contribution in [0.5, 0.6) is 6.01 Å². The van der Waals surface area contributed by atoms with E-state index in [1.807, 2.05) is 25.1 Å². The molecule has 1 aromatic heterocycles. The lowest BCUT2D eigenvalue weighted by Gasteiger charge is -2.48. The van der Waals surface area contributed by atoms with Crippen molar-refractivity contribution in [2.24, 2.45) is 0 Å². The van der Waals surface area contributed by atoms with Gasteiger partial charge in [0.2, 0.25) is 0 Å². The minimum absolute atomic E-state index is 0.213. The van der Waals surface area contributed by atoms with Gasteiger partial charge in [0.15, 0.2) is 0 Å². The van der Waals surface area contributed by atoms with E-state index in [2.05, 4.69) is 16.5 Å². The number of piperazine rings is 1. The fraction of sp³-hybridized carbons (Fsp3) is 0.360. The number of hydrogen-bond donors (Lipinski definition) is 3. The van der Waals surface area contributed by atoms with Crippen LogP contribution < -0.4 is 4.74 Å². The average Bonchev–Trinajstić information content (AvgIpc) is 3.38. The van der Waals surface area contributed by atoms with Crippen LogP contribution in [0.3, 0.4) is 0 Å². The normalized spacial score (nSPS) is 22.1. The number of hydrogen-bond acceptors (Lipinski definition) is 8. The second-order valence-corrected chi connectivity index (χ2v) is 9.80. The van der Waals surface area contributed by atoms with Crippen LogP contribution in [0.2, 0.25) is 5.02 Å². The van der Waals surface area contributed by atoms with Crippen molar-refractivity contribution < 1.29 is 39.4 Å². The number of rotatable bonds is 8. The minimum atomic E-state index is -1.26. The van der Waals surface area contributed by atoms with E-state index in [0.717, 1.165) is 5.56 Å². The van der Waals surface area contributed by atoms with Crippen LogP contribution in [-0.4, -0.2) is 88.9 Å². The lowest BCUT2D eigenvalue weighted by atomic mass is 9.90. The third kappa shape index (κ3) is 7.36. The van der Waals surface area contributed by atoms with Gasteiger partial charge in [0.25, 0.3) is 0 Å². The molecule has 4 rings (SSSR count). The number of halogens is 1. The van der Waals surface area contributed by atoms with E-state index in [9.17, 15) is 29.6 Å². The molecule has 14 nitrogen and oxygen atoms in total. The number of ether oxygens (including phenoxy) is 1. The number of fused-ring (bicyclic) bond motifs is 1. The maximum absolute atomic E-state index is 12.0. The maximum atomic E-state index is 12.0. The molecule has 3 atom stereocenters. The average molecular weight is 578 g/mol. The van der Waals surface area contributed by atoms with E-state index in [-0.39, 0.29) is 23.9 Å². The molecule has 2 aromatic rings. The van der Waals surface area contributed by atoms with Gasteiger partial charge in [0.1, 0.15) is 11.8 Å². The quantitative estimate of drug-likeness (QED) is 0.181. The Morgan fingerprint density at radius 1 is 1.25 bits per heavy atom. The standard InChI is InChI=1S/C21H24ClN5O5.C4H4O4/c1-3-5-16-18(14-6-4-7-15(22)10-14)24(8-9-26(16)20(28)29)12-21(2)13-25-11-17(27(30)31)23-19(25)32-21;5-3(6)1-2-4(7)8/h3-4,6-7,10-11,16,18H,1,5,8-9,12-13H2,2H3,(H,28,29);1-2H,(H,5,6)(H,7,8). The van der Waals surface area contributed by atoms with Crippen LogP contribution in [-0.2, 0) is 16.1 Å². The molecule has 0 spiro atoms. The van der Waals surface area contributed by atoms with Crippen molar-refractivity contribution in [1.29, 1.82) is 0 Å². The largest absolute Gasteiger partial charge is 0.478 e. The van der Waals surface area contributed by atoms with E-state index in [0.29, 0.717) is 49.8 Å². The summed E-state index contributed by atoms with van der Waals surface area (Å²) in [6, 6.07) is 7.03. The highest BCUT2D eigenvalue weighted by molar-refractivity contribution is 6.30. The van der Waals surface area contributed by atoms with Gasteiger partial charge < -0.3 is 35.1 Å².